The molecule has 0 spiro atoms. The lowest BCUT2D eigenvalue weighted by atomic mass is 9.99. The van der Waals surface area contributed by atoms with E-state index in [0.717, 1.165) is 32.5 Å². The van der Waals surface area contributed by atoms with Gasteiger partial charge in [-0.25, -0.2) is 9.48 Å². The first-order valence-electron chi connectivity index (χ1n) is 7.15. The number of piperidine rings is 1. The molecule has 20 heavy (non-hydrogen) atoms. The van der Waals surface area contributed by atoms with E-state index in [1.165, 1.54) is 4.68 Å². The van der Waals surface area contributed by atoms with E-state index in [4.69, 9.17) is 0 Å². The number of hydrogen-bond donors (Lipinski definition) is 1. The lowest BCUT2D eigenvalue weighted by molar-refractivity contribution is 0.117. The molecule has 1 atom stereocenters. The maximum atomic E-state index is 12.1. The molecular weight excluding hydrogens is 256 g/mol. The molecule has 0 aliphatic carbocycles. The van der Waals surface area contributed by atoms with Gasteiger partial charge in [-0.2, -0.15) is 0 Å². The summed E-state index contributed by atoms with van der Waals surface area (Å²) < 4.78 is 3.09. The van der Waals surface area contributed by atoms with Crippen molar-refractivity contribution in [2.24, 2.45) is 5.92 Å². The first-order chi connectivity index (χ1) is 9.78. The Morgan fingerprint density at radius 3 is 3.05 bits per heavy atom. The summed E-state index contributed by atoms with van der Waals surface area (Å²) >= 11 is 0. The number of aromatic nitrogens is 3. The molecule has 108 valence electrons. The fourth-order valence-electron chi connectivity index (χ4n) is 2.85. The Kier molecular flexibility index (Phi) is 3.84. The Hall–Kier alpha value is -1.66. The highest BCUT2D eigenvalue weighted by atomic mass is 16.3. The van der Waals surface area contributed by atoms with Crippen LogP contribution in [-0.2, 0) is 6.54 Å². The number of aliphatic hydroxyl groups excluding tert-OH is 1. The minimum atomic E-state index is -0.0867. The van der Waals surface area contributed by atoms with Gasteiger partial charge < -0.3 is 10.0 Å². The molecule has 2 aromatic heterocycles. The van der Waals surface area contributed by atoms with Crippen LogP contribution in [0.1, 0.15) is 12.8 Å². The lowest BCUT2D eigenvalue weighted by Crippen LogP contribution is -2.39. The highest BCUT2D eigenvalue weighted by Crippen LogP contribution is 2.15. The normalized spacial score (nSPS) is 20.6. The molecular formula is C14H20N4O2. The van der Waals surface area contributed by atoms with Crippen LogP contribution in [0.3, 0.4) is 0 Å². The van der Waals surface area contributed by atoms with E-state index < -0.39 is 0 Å². The van der Waals surface area contributed by atoms with E-state index in [1.807, 2.05) is 18.2 Å². The summed E-state index contributed by atoms with van der Waals surface area (Å²) in [4.78, 5) is 14.4. The molecule has 1 saturated heterocycles. The predicted octanol–water partition coefficient (Wildman–Crippen LogP) is 0.200. The third-order valence-corrected chi connectivity index (χ3v) is 3.98. The van der Waals surface area contributed by atoms with Gasteiger partial charge in [-0.3, -0.25) is 4.40 Å². The number of aliphatic hydroxyl groups is 1. The van der Waals surface area contributed by atoms with Crippen LogP contribution < -0.4 is 5.69 Å². The Balaban J connectivity index is 1.68. The molecule has 0 aromatic carbocycles. The monoisotopic (exact) mass is 276 g/mol. The topological polar surface area (TPSA) is 62.8 Å². The second kappa shape index (κ2) is 5.76. The summed E-state index contributed by atoms with van der Waals surface area (Å²) in [7, 11) is 0. The number of pyridine rings is 1. The van der Waals surface area contributed by atoms with Gasteiger partial charge in [0.2, 0.25) is 0 Å². The van der Waals surface area contributed by atoms with Gasteiger partial charge in [0.25, 0.3) is 0 Å². The molecule has 0 amide bonds. The van der Waals surface area contributed by atoms with Crippen molar-refractivity contribution in [1.29, 1.82) is 0 Å². The number of likely N-dealkylation sites (tertiary alicyclic amines) is 1. The molecule has 1 aliphatic heterocycles. The van der Waals surface area contributed by atoms with Gasteiger partial charge in [-0.15, -0.1) is 5.10 Å². The zero-order chi connectivity index (χ0) is 13.9. The molecule has 3 rings (SSSR count). The summed E-state index contributed by atoms with van der Waals surface area (Å²) in [5, 5.41) is 13.6. The number of hydrogen-bond acceptors (Lipinski definition) is 4. The number of rotatable bonds is 4. The van der Waals surface area contributed by atoms with Crippen LogP contribution in [-0.4, -0.2) is 50.4 Å². The molecule has 1 N–H and O–H groups in total. The molecule has 1 unspecified atom stereocenters. The van der Waals surface area contributed by atoms with Gasteiger partial charge in [0, 0.05) is 25.9 Å². The van der Waals surface area contributed by atoms with Gasteiger partial charge in [-0.05, 0) is 37.4 Å². The van der Waals surface area contributed by atoms with Crippen molar-refractivity contribution in [2.45, 2.75) is 19.4 Å². The van der Waals surface area contributed by atoms with Gasteiger partial charge >= 0.3 is 5.69 Å². The van der Waals surface area contributed by atoms with Crippen molar-refractivity contribution in [2.75, 3.05) is 26.2 Å². The second-order valence-electron chi connectivity index (χ2n) is 5.43. The van der Waals surface area contributed by atoms with Crippen LogP contribution in [0, 0.1) is 5.92 Å². The SMILES string of the molecule is O=c1n(CCN2CCCC(CO)C2)nc2ccccn12. The minimum absolute atomic E-state index is 0.0867. The van der Waals surface area contributed by atoms with Crippen molar-refractivity contribution >= 4 is 5.65 Å². The molecule has 1 fully saturated rings. The third kappa shape index (κ3) is 2.62. The quantitative estimate of drug-likeness (QED) is 0.866. The Bertz CT molecular complexity index is 633. The molecule has 0 bridgehead atoms. The van der Waals surface area contributed by atoms with Crippen LogP contribution in [0.4, 0.5) is 0 Å². The molecule has 6 heteroatoms. The summed E-state index contributed by atoms with van der Waals surface area (Å²) in [6, 6.07) is 5.54. The largest absolute Gasteiger partial charge is 0.396 e. The first kappa shape index (κ1) is 13.3. The van der Waals surface area contributed by atoms with Crippen molar-refractivity contribution in [3.63, 3.8) is 0 Å². The van der Waals surface area contributed by atoms with Crippen molar-refractivity contribution in [1.82, 2.24) is 19.1 Å². The lowest BCUT2D eigenvalue weighted by Gasteiger charge is -2.31. The van der Waals surface area contributed by atoms with Crippen LogP contribution in [0.25, 0.3) is 5.65 Å². The smallest absolute Gasteiger partial charge is 0.350 e. The minimum Gasteiger partial charge on any atom is -0.396 e. The van der Waals surface area contributed by atoms with Crippen molar-refractivity contribution < 1.29 is 5.11 Å². The van der Waals surface area contributed by atoms with Crippen molar-refractivity contribution in [3.05, 3.63) is 34.9 Å². The van der Waals surface area contributed by atoms with Crippen molar-refractivity contribution in [3.8, 4) is 0 Å². The van der Waals surface area contributed by atoms with E-state index in [1.54, 1.807) is 10.6 Å². The van der Waals surface area contributed by atoms with E-state index >= 15 is 0 Å². The average molecular weight is 276 g/mol. The average Bonchev–Trinajstić information content (AvgIpc) is 2.82. The summed E-state index contributed by atoms with van der Waals surface area (Å²) in [5.41, 5.74) is 0.598. The standard InChI is InChI=1S/C14H20N4O2/c19-11-12-4-3-6-16(10-12)8-9-18-14(20)17-7-2-1-5-13(17)15-18/h1-2,5,7,12,19H,3-4,6,8-11H2. The van der Waals surface area contributed by atoms with Gasteiger partial charge in [0.1, 0.15) is 0 Å². The Labute approximate surface area is 117 Å². The highest BCUT2D eigenvalue weighted by molar-refractivity contribution is 5.35. The fourth-order valence-corrected chi connectivity index (χ4v) is 2.85. The summed E-state index contributed by atoms with van der Waals surface area (Å²) in [5.74, 6) is 0.376. The van der Waals surface area contributed by atoms with Gasteiger partial charge in [0.15, 0.2) is 5.65 Å². The van der Waals surface area contributed by atoms with E-state index in [-0.39, 0.29) is 12.3 Å². The summed E-state index contributed by atoms with van der Waals surface area (Å²) in [6.45, 7) is 3.61. The molecule has 3 heterocycles. The maximum Gasteiger partial charge on any atom is 0.350 e. The second-order valence-corrected chi connectivity index (χ2v) is 5.43. The molecule has 0 radical (unpaired) electrons. The molecule has 6 nitrogen and oxygen atoms in total. The maximum absolute atomic E-state index is 12.1. The number of nitrogens with zero attached hydrogens (tertiary/aromatic N) is 4. The summed E-state index contributed by atoms with van der Waals surface area (Å²) in [6.07, 6.45) is 3.95. The van der Waals surface area contributed by atoms with Gasteiger partial charge in [0.05, 0.1) is 6.54 Å². The van der Waals surface area contributed by atoms with Gasteiger partial charge in [-0.1, -0.05) is 6.07 Å². The zero-order valence-electron chi connectivity index (χ0n) is 11.5. The predicted molar refractivity (Wildman–Crippen MR) is 75.7 cm³/mol. The number of fused-ring (bicyclic) bond motifs is 1. The molecule has 0 saturated carbocycles. The Morgan fingerprint density at radius 2 is 2.25 bits per heavy atom. The zero-order valence-corrected chi connectivity index (χ0v) is 11.5. The fraction of sp³-hybridized carbons (Fsp3) is 0.571. The third-order valence-electron chi connectivity index (χ3n) is 3.98. The van der Waals surface area contributed by atoms with Crippen LogP contribution >= 0.6 is 0 Å². The van der Waals surface area contributed by atoms with Crippen LogP contribution in [0.15, 0.2) is 29.2 Å². The van der Waals surface area contributed by atoms with E-state index in [2.05, 4.69) is 10.00 Å². The molecule has 1 aliphatic rings. The Morgan fingerprint density at radius 1 is 1.35 bits per heavy atom. The molecule has 2 aromatic rings. The van der Waals surface area contributed by atoms with E-state index in [0.29, 0.717) is 18.1 Å². The highest BCUT2D eigenvalue weighted by Gasteiger charge is 2.19. The van der Waals surface area contributed by atoms with Crippen LogP contribution in [0.5, 0.6) is 0 Å². The van der Waals surface area contributed by atoms with E-state index in [9.17, 15) is 9.90 Å². The first-order valence-corrected chi connectivity index (χ1v) is 7.15. The van der Waals surface area contributed by atoms with Crippen LogP contribution in [0.2, 0.25) is 0 Å².